The van der Waals surface area contributed by atoms with E-state index in [0.29, 0.717) is 12.3 Å². The van der Waals surface area contributed by atoms with Crippen molar-refractivity contribution in [2.45, 2.75) is 19.3 Å². The lowest BCUT2D eigenvalue weighted by molar-refractivity contribution is -0.132. The van der Waals surface area contributed by atoms with Gasteiger partial charge in [-0.1, -0.05) is 6.07 Å². The highest BCUT2D eigenvalue weighted by atomic mass is 32.1. The third kappa shape index (κ3) is 3.51. The van der Waals surface area contributed by atoms with Gasteiger partial charge in [-0.25, -0.2) is 4.98 Å². The highest BCUT2D eigenvalue weighted by molar-refractivity contribution is 7.20. The van der Waals surface area contributed by atoms with Crippen molar-refractivity contribution < 1.29 is 9.90 Å². The van der Waals surface area contributed by atoms with E-state index in [-0.39, 0.29) is 12.5 Å². The van der Waals surface area contributed by atoms with Crippen LogP contribution in [0.3, 0.4) is 0 Å². The molecule has 6 heteroatoms. The minimum absolute atomic E-state index is 0.148. The summed E-state index contributed by atoms with van der Waals surface area (Å²) in [5, 5.41) is 14.1. The van der Waals surface area contributed by atoms with Gasteiger partial charge in [-0.05, 0) is 30.2 Å². The standard InChI is InChI=1S/C15H18N2O2S2/c18-9-11-3-5-17(6-4-11)14(19)8-12-10-21-15(16-12)13-2-1-7-20-13/h1-2,7,10-11,18H,3-6,8-9H2. The molecular formula is C15H18N2O2S2. The van der Waals surface area contributed by atoms with E-state index >= 15 is 0 Å². The van der Waals surface area contributed by atoms with Crippen LogP contribution in [0.4, 0.5) is 0 Å². The molecule has 1 aliphatic rings. The van der Waals surface area contributed by atoms with Gasteiger partial charge in [0, 0.05) is 25.1 Å². The molecule has 4 nitrogen and oxygen atoms in total. The van der Waals surface area contributed by atoms with E-state index in [1.54, 1.807) is 22.7 Å². The van der Waals surface area contributed by atoms with Crippen LogP contribution in [0.1, 0.15) is 18.5 Å². The van der Waals surface area contributed by atoms with Gasteiger partial charge in [-0.3, -0.25) is 4.79 Å². The van der Waals surface area contributed by atoms with E-state index in [9.17, 15) is 4.79 Å². The summed E-state index contributed by atoms with van der Waals surface area (Å²) in [4.78, 5) is 19.9. The summed E-state index contributed by atoms with van der Waals surface area (Å²) in [6.45, 7) is 1.75. The van der Waals surface area contributed by atoms with Crippen LogP contribution in [-0.2, 0) is 11.2 Å². The first-order chi connectivity index (χ1) is 10.3. The molecule has 0 atom stereocenters. The maximum absolute atomic E-state index is 12.3. The molecule has 0 aromatic carbocycles. The lowest BCUT2D eigenvalue weighted by Gasteiger charge is -2.31. The van der Waals surface area contributed by atoms with Crippen LogP contribution in [-0.4, -0.2) is 40.6 Å². The maximum atomic E-state index is 12.3. The van der Waals surface area contributed by atoms with Crippen molar-refractivity contribution in [3.63, 3.8) is 0 Å². The molecule has 2 aromatic heterocycles. The van der Waals surface area contributed by atoms with Crippen molar-refractivity contribution in [1.82, 2.24) is 9.88 Å². The Balaban J connectivity index is 1.58. The number of thiophene rings is 1. The number of carbonyl (C=O) groups is 1. The fraction of sp³-hybridized carbons (Fsp3) is 0.467. The number of hydrogen-bond acceptors (Lipinski definition) is 5. The predicted octanol–water partition coefficient (Wildman–Crippen LogP) is 2.65. The highest BCUT2D eigenvalue weighted by Gasteiger charge is 2.22. The lowest BCUT2D eigenvalue weighted by atomic mass is 9.97. The number of likely N-dealkylation sites (tertiary alicyclic amines) is 1. The van der Waals surface area contributed by atoms with Gasteiger partial charge in [-0.2, -0.15) is 0 Å². The van der Waals surface area contributed by atoms with Crippen molar-refractivity contribution in [3.8, 4) is 9.88 Å². The van der Waals surface area contributed by atoms with Crippen molar-refractivity contribution in [1.29, 1.82) is 0 Å². The molecule has 0 aliphatic carbocycles. The van der Waals surface area contributed by atoms with E-state index in [0.717, 1.165) is 41.5 Å². The molecule has 0 radical (unpaired) electrons. The predicted molar refractivity (Wildman–Crippen MR) is 85.5 cm³/mol. The Morgan fingerprint density at radius 1 is 1.38 bits per heavy atom. The molecular weight excluding hydrogens is 304 g/mol. The molecule has 1 fully saturated rings. The Morgan fingerprint density at radius 2 is 2.19 bits per heavy atom. The van der Waals surface area contributed by atoms with Crippen LogP contribution in [0.15, 0.2) is 22.9 Å². The molecule has 112 valence electrons. The minimum Gasteiger partial charge on any atom is -0.396 e. The zero-order valence-electron chi connectivity index (χ0n) is 11.7. The number of rotatable bonds is 4. The Labute approximate surface area is 132 Å². The largest absolute Gasteiger partial charge is 0.396 e. The average molecular weight is 322 g/mol. The quantitative estimate of drug-likeness (QED) is 0.941. The van der Waals surface area contributed by atoms with Crippen molar-refractivity contribution in [3.05, 3.63) is 28.6 Å². The number of aromatic nitrogens is 1. The molecule has 0 unspecified atom stereocenters. The summed E-state index contributed by atoms with van der Waals surface area (Å²) in [6, 6.07) is 4.06. The topological polar surface area (TPSA) is 53.4 Å². The van der Waals surface area contributed by atoms with Crippen LogP contribution in [0, 0.1) is 5.92 Å². The smallest absolute Gasteiger partial charge is 0.228 e. The summed E-state index contributed by atoms with van der Waals surface area (Å²) < 4.78 is 0. The van der Waals surface area contributed by atoms with Crippen LogP contribution >= 0.6 is 22.7 Å². The molecule has 1 aliphatic heterocycles. The van der Waals surface area contributed by atoms with Gasteiger partial charge in [0.15, 0.2) is 0 Å². The average Bonchev–Trinajstić information content (AvgIpc) is 3.18. The molecule has 3 rings (SSSR count). The van der Waals surface area contributed by atoms with Crippen molar-refractivity contribution in [2.75, 3.05) is 19.7 Å². The maximum Gasteiger partial charge on any atom is 0.228 e. The van der Waals surface area contributed by atoms with Gasteiger partial charge < -0.3 is 10.0 Å². The normalized spacial score (nSPS) is 16.3. The van der Waals surface area contributed by atoms with Crippen LogP contribution in [0.2, 0.25) is 0 Å². The van der Waals surface area contributed by atoms with E-state index in [2.05, 4.69) is 11.1 Å². The Morgan fingerprint density at radius 3 is 2.86 bits per heavy atom. The number of aliphatic hydroxyl groups excluding tert-OH is 1. The summed E-state index contributed by atoms with van der Waals surface area (Å²) >= 11 is 3.26. The first-order valence-corrected chi connectivity index (χ1v) is 8.89. The number of nitrogens with zero attached hydrogens (tertiary/aromatic N) is 2. The molecule has 1 N–H and O–H groups in total. The zero-order chi connectivity index (χ0) is 14.7. The summed E-state index contributed by atoms with van der Waals surface area (Å²) in [5.41, 5.74) is 0.859. The molecule has 1 saturated heterocycles. The zero-order valence-corrected chi connectivity index (χ0v) is 13.3. The second-order valence-corrected chi connectivity index (χ2v) is 7.11. The van der Waals surface area contributed by atoms with Crippen LogP contribution in [0.5, 0.6) is 0 Å². The number of amides is 1. The number of aliphatic hydroxyl groups is 1. The van der Waals surface area contributed by atoms with E-state index in [1.807, 2.05) is 21.7 Å². The third-order valence-corrected chi connectivity index (χ3v) is 5.77. The molecule has 3 heterocycles. The van der Waals surface area contributed by atoms with E-state index < -0.39 is 0 Å². The molecule has 0 saturated carbocycles. The number of piperidine rings is 1. The number of carbonyl (C=O) groups excluding carboxylic acids is 1. The Kier molecular flexibility index (Phi) is 4.67. The van der Waals surface area contributed by atoms with Gasteiger partial charge in [0.1, 0.15) is 5.01 Å². The van der Waals surface area contributed by atoms with Gasteiger partial charge in [0.2, 0.25) is 5.91 Å². The number of thiazole rings is 1. The van der Waals surface area contributed by atoms with Crippen LogP contribution < -0.4 is 0 Å². The van der Waals surface area contributed by atoms with E-state index in [1.165, 1.54) is 0 Å². The van der Waals surface area contributed by atoms with Crippen molar-refractivity contribution in [2.24, 2.45) is 5.92 Å². The SMILES string of the molecule is O=C(Cc1csc(-c2cccs2)n1)N1CCC(CO)CC1. The molecule has 2 aromatic rings. The minimum atomic E-state index is 0.148. The molecule has 21 heavy (non-hydrogen) atoms. The van der Waals surface area contributed by atoms with Gasteiger partial charge in [-0.15, -0.1) is 22.7 Å². The first kappa shape index (κ1) is 14.7. The summed E-state index contributed by atoms with van der Waals surface area (Å²) in [5.74, 6) is 0.508. The van der Waals surface area contributed by atoms with Crippen molar-refractivity contribution >= 4 is 28.6 Å². The van der Waals surface area contributed by atoms with E-state index in [4.69, 9.17) is 5.11 Å². The number of hydrogen-bond donors (Lipinski definition) is 1. The lowest BCUT2D eigenvalue weighted by Crippen LogP contribution is -2.40. The molecule has 0 bridgehead atoms. The Bertz CT molecular complexity index is 587. The highest BCUT2D eigenvalue weighted by Crippen LogP contribution is 2.28. The van der Waals surface area contributed by atoms with Crippen LogP contribution in [0.25, 0.3) is 9.88 Å². The molecule has 0 spiro atoms. The molecule has 1 amide bonds. The van der Waals surface area contributed by atoms with Gasteiger partial charge >= 0.3 is 0 Å². The van der Waals surface area contributed by atoms with Gasteiger partial charge in [0.05, 0.1) is 17.0 Å². The monoisotopic (exact) mass is 322 g/mol. The summed E-state index contributed by atoms with van der Waals surface area (Å²) in [7, 11) is 0. The fourth-order valence-corrected chi connectivity index (χ4v) is 4.17. The first-order valence-electron chi connectivity index (χ1n) is 7.13. The second kappa shape index (κ2) is 6.68. The Hall–Kier alpha value is -1.24. The fourth-order valence-electron chi connectivity index (χ4n) is 2.53. The second-order valence-electron chi connectivity index (χ2n) is 5.30. The summed E-state index contributed by atoms with van der Waals surface area (Å²) in [6.07, 6.45) is 2.19. The third-order valence-electron chi connectivity index (χ3n) is 3.84. The van der Waals surface area contributed by atoms with Gasteiger partial charge in [0.25, 0.3) is 0 Å².